The molecule has 0 radical (unpaired) electrons. The summed E-state index contributed by atoms with van der Waals surface area (Å²) in [5.74, 6) is 4.20. The van der Waals surface area contributed by atoms with Gasteiger partial charge in [0.2, 0.25) is 0 Å². The highest BCUT2D eigenvalue weighted by Gasteiger charge is 2.47. The van der Waals surface area contributed by atoms with Gasteiger partial charge >= 0.3 is 0 Å². The summed E-state index contributed by atoms with van der Waals surface area (Å²) >= 11 is 1.89. The van der Waals surface area contributed by atoms with E-state index in [2.05, 4.69) is 22.8 Å². The van der Waals surface area contributed by atoms with Gasteiger partial charge in [-0.3, -0.25) is 0 Å². The molecule has 1 nitrogen and oxygen atoms in total. The molecule has 0 amide bonds. The third-order valence-corrected chi connectivity index (χ3v) is 6.20. The molecular weight excluding hydrogens is 226 g/mol. The molecule has 0 aliphatic heterocycles. The maximum absolute atomic E-state index is 3.88. The van der Waals surface area contributed by atoms with Crippen LogP contribution in [0.3, 0.4) is 0 Å². The predicted molar refractivity (Wildman–Crippen MR) is 72.0 cm³/mol. The second-order valence-corrected chi connectivity index (χ2v) is 7.45. The van der Waals surface area contributed by atoms with Crippen molar-refractivity contribution in [3.8, 4) is 0 Å². The molecule has 0 aromatic carbocycles. The van der Waals surface area contributed by atoms with Crippen LogP contribution in [0, 0.1) is 23.7 Å². The van der Waals surface area contributed by atoms with Gasteiger partial charge < -0.3 is 5.32 Å². The van der Waals surface area contributed by atoms with E-state index < -0.39 is 0 Å². The summed E-state index contributed by atoms with van der Waals surface area (Å²) in [6, 6.07) is 5.26. The summed E-state index contributed by atoms with van der Waals surface area (Å²) in [5.41, 5.74) is 0. The van der Waals surface area contributed by atoms with E-state index in [1.165, 1.54) is 30.6 Å². The molecule has 1 N–H and O–H groups in total. The molecule has 0 saturated heterocycles. The minimum Gasteiger partial charge on any atom is -0.309 e. The molecule has 0 unspecified atom stereocenters. The minimum atomic E-state index is 0.838. The van der Waals surface area contributed by atoms with E-state index in [9.17, 15) is 0 Å². The van der Waals surface area contributed by atoms with Crippen molar-refractivity contribution in [1.29, 1.82) is 0 Å². The Labute approximate surface area is 108 Å². The lowest BCUT2D eigenvalue weighted by atomic mass is 9.54. The van der Waals surface area contributed by atoms with Crippen molar-refractivity contribution in [3.05, 3.63) is 22.4 Å². The van der Waals surface area contributed by atoms with E-state index in [4.69, 9.17) is 0 Å². The molecule has 4 bridgehead atoms. The molecule has 1 aromatic rings. The highest BCUT2D eigenvalue weighted by Crippen LogP contribution is 2.53. The van der Waals surface area contributed by atoms with E-state index in [0.717, 1.165) is 36.3 Å². The molecule has 5 rings (SSSR count). The number of thiophene rings is 1. The van der Waals surface area contributed by atoms with Crippen molar-refractivity contribution in [2.24, 2.45) is 23.7 Å². The minimum absolute atomic E-state index is 0.838. The van der Waals surface area contributed by atoms with Gasteiger partial charge in [0.05, 0.1) is 0 Å². The van der Waals surface area contributed by atoms with Crippen LogP contribution in [0.15, 0.2) is 17.5 Å². The van der Waals surface area contributed by atoms with E-state index >= 15 is 0 Å². The van der Waals surface area contributed by atoms with Crippen LogP contribution in [0.2, 0.25) is 0 Å². The van der Waals surface area contributed by atoms with Gasteiger partial charge in [0.15, 0.2) is 0 Å². The quantitative estimate of drug-likeness (QED) is 0.859. The Hall–Kier alpha value is -0.340. The van der Waals surface area contributed by atoms with Crippen molar-refractivity contribution >= 4 is 11.3 Å². The van der Waals surface area contributed by atoms with Gasteiger partial charge in [-0.2, -0.15) is 0 Å². The van der Waals surface area contributed by atoms with Crippen molar-refractivity contribution in [2.45, 2.75) is 44.7 Å². The topological polar surface area (TPSA) is 12.0 Å². The smallest absolute Gasteiger partial charge is 0.0302 e. The fourth-order valence-corrected chi connectivity index (χ4v) is 5.55. The lowest BCUT2D eigenvalue weighted by molar-refractivity contribution is -0.0141. The third kappa shape index (κ3) is 1.86. The van der Waals surface area contributed by atoms with Gasteiger partial charge in [0, 0.05) is 17.5 Å². The van der Waals surface area contributed by atoms with Gasteiger partial charge in [-0.1, -0.05) is 6.07 Å². The number of rotatable bonds is 3. The van der Waals surface area contributed by atoms with E-state index in [1.807, 2.05) is 11.3 Å². The molecule has 1 heterocycles. The Balaban J connectivity index is 1.44. The maximum Gasteiger partial charge on any atom is 0.0302 e. The molecule has 92 valence electrons. The summed E-state index contributed by atoms with van der Waals surface area (Å²) in [6.45, 7) is 1.10. The first-order valence-corrected chi connectivity index (χ1v) is 8.02. The summed E-state index contributed by atoms with van der Waals surface area (Å²) in [6.07, 6.45) is 7.65. The summed E-state index contributed by atoms with van der Waals surface area (Å²) in [4.78, 5) is 1.50. The number of hydrogen-bond donors (Lipinski definition) is 1. The van der Waals surface area contributed by atoms with E-state index in [1.54, 1.807) is 6.42 Å². The van der Waals surface area contributed by atoms with Crippen molar-refractivity contribution in [2.75, 3.05) is 0 Å². The molecule has 4 aliphatic carbocycles. The Bertz CT molecular complexity index is 356. The zero-order valence-electron chi connectivity index (χ0n) is 10.3. The normalized spacial score (nSPS) is 43.2. The first kappa shape index (κ1) is 10.6. The SMILES string of the molecule is c1csc(CNC2C3CC4CC(C3)CC2C4)c1. The van der Waals surface area contributed by atoms with Crippen LogP contribution in [-0.4, -0.2) is 6.04 Å². The lowest BCUT2D eigenvalue weighted by Crippen LogP contribution is -2.54. The molecule has 4 fully saturated rings. The van der Waals surface area contributed by atoms with Crippen molar-refractivity contribution in [1.82, 2.24) is 5.32 Å². The second-order valence-electron chi connectivity index (χ2n) is 6.42. The average Bonchev–Trinajstić information content (AvgIpc) is 2.80. The lowest BCUT2D eigenvalue weighted by Gasteiger charge is -2.54. The molecule has 4 saturated carbocycles. The van der Waals surface area contributed by atoms with Crippen LogP contribution >= 0.6 is 11.3 Å². The first-order valence-electron chi connectivity index (χ1n) is 7.14. The van der Waals surface area contributed by atoms with Gasteiger partial charge in [-0.25, -0.2) is 0 Å². The molecule has 1 aromatic heterocycles. The van der Waals surface area contributed by atoms with Crippen LogP contribution in [0.5, 0.6) is 0 Å². The van der Waals surface area contributed by atoms with Gasteiger partial charge in [-0.15, -0.1) is 11.3 Å². The van der Waals surface area contributed by atoms with Crippen LogP contribution < -0.4 is 5.32 Å². The Morgan fingerprint density at radius 2 is 1.76 bits per heavy atom. The zero-order chi connectivity index (χ0) is 11.2. The van der Waals surface area contributed by atoms with Crippen molar-refractivity contribution in [3.63, 3.8) is 0 Å². The Morgan fingerprint density at radius 1 is 1.06 bits per heavy atom. The van der Waals surface area contributed by atoms with E-state index in [0.29, 0.717) is 0 Å². The number of hydrogen-bond acceptors (Lipinski definition) is 2. The molecule has 4 aliphatic rings. The third-order valence-electron chi connectivity index (χ3n) is 5.32. The fourth-order valence-electron chi connectivity index (χ4n) is 4.89. The van der Waals surface area contributed by atoms with E-state index in [-0.39, 0.29) is 0 Å². The zero-order valence-corrected chi connectivity index (χ0v) is 11.1. The summed E-state index contributed by atoms with van der Waals surface area (Å²) in [5, 5.41) is 6.07. The van der Waals surface area contributed by atoms with Gasteiger partial charge in [0.25, 0.3) is 0 Å². The highest BCUT2D eigenvalue weighted by atomic mass is 32.1. The molecule has 17 heavy (non-hydrogen) atoms. The van der Waals surface area contributed by atoms with Gasteiger partial charge in [-0.05, 0) is 67.2 Å². The monoisotopic (exact) mass is 247 g/mol. The molecular formula is C15H21NS. The van der Waals surface area contributed by atoms with Crippen LogP contribution in [0.4, 0.5) is 0 Å². The van der Waals surface area contributed by atoms with Crippen LogP contribution in [0.25, 0.3) is 0 Å². The van der Waals surface area contributed by atoms with Crippen LogP contribution in [0.1, 0.15) is 37.0 Å². The summed E-state index contributed by atoms with van der Waals surface area (Å²) < 4.78 is 0. The second kappa shape index (κ2) is 4.10. The van der Waals surface area contributed by atoms with Gasteiger partial charge in [0.1, 0.15) is 0 Å². The summed E-state index contributed by atoms with van der Waals surface area (Å²) in [7, 11) is 0. The largest absolute Gasteiger partial charge is 0.309 e. The highest BCUT2D eigenvalue weighted by molar-refractivity contribution is 7.09. The number of nitrogens with one attached hydrogen (secondary N) is 1. The molecule has 2 heteroatoms. The molecule has 0 spiro atoms. The average molecular weight is 247 g/mol. The Kier molecular flexibility index (Phi) is 2.55. The van der Waals surface area contributed by atoms with Crippen molar-refractivity contribution < 1.29 is 0 Å². The molecule has 0 atom stereocenters. The fraction of sp³-hybridized carbons (Fsp3) is 0.733. The maximum atomic E-state index is 3.88. The van der Waals surface area contributed by atoms with Crippen LogP contribution in [-0.2, 0) is 6.54 Å². The first-order chi connectivity index (χ1) is 8.38. The predicted octanol–water partition coefficient (Wildman–Crippen LogP) is 3.66. The standard InChI is InChI=1S/C15H21NS/c1-2-14(17-3-1)9-16-15-12-5-10-4-11(7-12)8-13(15)6-10/h1-3,10-13,15-16H,4-9H2. The Morgan fingerprint density at radius 3 is 2.35 bits per heavy atom.